The molecular weight excluding hydrogens is 236 g/mol. The van der Waals surface area contributed by atoms with Crippen molar-refractivity contribution in [2.45, 2.75) is 45.4 Å². The van der Waals surface area contributed by atoms with Crippen molar-refractivity contribution in [1.82, 2.24) is 9.80 Å². The van der Waals surface area contributed by atoms with Gasteiger partial charge in [0.2, 0.25) is 5.91 Å². The van der Waals surface area contributed by atoms with E-state index in [1.54, 1.807) is 0 Å². The van der Waals surface area contributed by atoms with E-state index in [2.05, 4.69) is 23.3 Å². The molecule has 0 unspecified atom stereocenters. The lowest BCUT2D eigenvalue weighted by Gasteiger charge is -2.34. The monoisotopic (exact) mass is 264 g/mol. The number of hydrogen-bond acceptors (Lipinski definition) is 2. The van der Waals surface area contributed by atoms with Gasteiger partial charge in [-0.05, 0) is 45.7 Å². The first-order chi connectivity index (χ1) is 9.16. The van der Waals surface area contributed by atoms with Crippen molar-refractivity contribution in [3.8, 4) is 0 Å². The van der Waals surface area contributed by atoms with E-state index in [1.165, 1.54) is 31.3 Å². The van der Waals surface area contributed by atoms with Gasteiger partial charge in [0, 0.05) is 25.6 Å². The number of likely N-dealkylation sites (tertiary alicyclic amines) is 2. The largest absolute Gasteiger partial charge is 0.342 e. The van der Waals surface area contributed by atoms with Crippen LogP contribution in [0.4, 0.5) is 0 Å². The summed E-state index contributed by atoms with van der Waals surface area (Å²) >= 11 is 0. The molecule has 0 spiro atoms. The van der Waals surface area contributed by atoms with Crippen LogP contribution in [0.2, 0.25) is 0 Å². The van der Waals surface area contributed by atoms with Crippen molar-refractivity contribution in [3.63, 3.8) is 0 Å². The molecule has 0 aromatic carbocycles. The van der Waals surface area contributed by atoms with E-state index in [0.717, 1.165) is 45.6 Å². The minimum atomic E-state index is 0.277. The first-order valence-corrected chi connectivity index (χ1v) is 7.82. The second-order valence-electron chi connectivity index (χ2n) is 6.25. The molecular formula is C16H28N2O. The van der Waals surface area contributed by atoms with Crippen LogP contribution >= 0.6 is 0 Å². The third-order valence-corrected chi connectivity index (χ3v) is 4.35. The molecule has 2 heterocycles. The highest BCUT2D eigenvalue weighted by atomic mass is 16.2. The van der Waals surface area contributed by atoms with E-state index in [1.807, 2.05) is 0 Å². The molecule has 108 valence electrons. The van der Waals surface area contributed by atoms with Crippen LogP contribution in [0.15, 0.2) is 12.2 Å². The molecule has 0 N–H and O–H groups in total. The molecule has 19 heavy (non-hydrogen) atoms. The Labute approximate surface area is 117 Å². The minimum absolute atomic E-state index is 0.277. The van der Waals surface area contributed by atoms with Crippen molar-refractivity contribution in [1.29, 1.82) is 0 Å². The Kier molecular flexibility index (Phi) is 5.44. The molecule has 2 aliphatic heterocycles. The summed E-state index contributed by atoms with van der Waals surface area (Å²) in [6.45, 7) is 11.1. The van der Waals surface area contributed by atoms with Gasteiger partial charge >= 0.3 is 0 Å². The summed E-state index contributed by atoms with van der Waals surface area (Å²) in [6.07, 6.45) is 7.04. The predicted molar refractivity (Wildman–Crippen MR) is 79.0 cm³/mol. The summed E-state index contributed by atoms with van der Waals surface area (Å²) in [5, 5.41) is 0. The van der Waals surface area contributed by atoms with Gasteiger partial charge in [0.1, 0.15) is 0 Å². The fourth-order valence-corrected chi connectivity index (χ4v) is 3.27. The average Bonchev–Trinajstić information content (AvgIpc) is 2.67. The molecule has 2 fully saturated rings. The molecule has 0 radical (unpaired) electrons. The second kappa shape index (κ2) is 7.09. The number of hydrogen-bond donors (Lipinski definition) is 0. The van der Waals surface area contributed by atoms with Gasteiger partial charge in [-0.2, -0.15) is 0 Å². The molecule has 0 aliphatic carbocycles. The Balaban J connectivity index is 1.79. The number of nitrogens with zero attached hydrogens (tertiary/aromatic N) is 2. The Morgan fingerprint density at radius 1 is 1.05 bits per heavy atom. The molecule has 0 saturated carbocycles. The van der Waals surface area contributed by atoms with Crippen LogP contribution in [0.25, 0.3) is 0 Å². The molecule has 1 amide bonds. The summed E-state index contributed by atoms with van der Waals surface area (Å²) in [5.41, 5.74) is 1.22. The van der Waals surface area contributed by atoms with Gasteiger partial charge in [-0.25, -0.2) is 0 Å². The quantitative estimate of drug-likeness (QED) is 0.732. The molecule has 2 rings (SSSR count). The maximum Gasteiger partial charge on any atom is 0.225 e. The van der Waals surface area contributed by atoms with Crippen LogP contribution in [0.5, 0.6) is 0 Å². The zero-order valence-electron chi connectivity index (χ0n) is 12.4. The standard InChI is InChI=1S/C16H28N2O/c1-14(2)13-17-11-7-15(8-12-17)16(19)18-9-5-3-4-6-10-18/h15H,1,3-13H2,2H3. The lowest BCUT2D eigenvalue weighted by atomic mass is 9.95. The number of piperidine rings is 1. The SMILES string of the molecule is C=C(C)CN1CCC(C(=O)N2CCCCCC2)CC1. The van der Waals surface area contributed by atoms with Crippen LogP contribution in [-0.2, 0) is 4.79 Å². The van der Waals surface area contributed by atoms with Crippen molar-refractivity contribution >= 4 is 5.91 Å². The molecule has 0 bridgehead atoms. The highest BCUT2D eigenvalue weighted by Gasteiger charge is 2.28. The highest BCUT2D eigenvalue weighted by Crippen LogP contribution is 2.22. The molecule has 3 nitrogen and oxygen atoms in total. The molecule has 2 saturated heterocycles. The predicted octanol–water partition coefficient (Wildman–Crippen LogP) is 2.68. The lowest BCUT2D eigenvalue weighted by Crippen LogP contribution is -2.43. The molecule has 0 aromatic rings. The van der Waals surface area contributed by atoms with Gasteiger partial charge in [-0.15, -0.1) is 0 Å². The average molecular weight is 264 g/mol. The van der Waals surface area contributed by atoms with Crippen molar-refractivity contribution in [2.24, 2.45) is 5.92 Å². The maximum absolute atomic E-state index is 12.5. The van der Waals surface area contributed by atoms with E-state index in [-0.39, 0.29) is 5.92 Å². The van der Waals surface area contributed by atoms with E-state index in [0.29, 0.717) is 5.91 Å². The lowest BCUT2D eigenvalue weighted by molar-refractivity contribution is -0.137. The molecule has 0 aromatic heterocycles. The zero-order chi connectivity index (χ0) is 13.7. The van der Waals surface area contributed by atoms with Gasteiger partial charge in [0.25, 0.3) is 0 Å². The van der Waals surface area contributed by atoms with Crippen LogP contribution in [0.1, 0.15) is 45.4 Å². The van der Waals surface area contributed by atoms with Gasteiger partial charge in [-0.1, -0.05) is 25.0 Å². The van der Waals surface area contributed by atoms with Gasteiger partial charge in [-0.3, -0.25) is 9.69 Å². The van der Waals surface area contributed by atoms with Crippen LogP contribution in [0, 0.1) is 5.92 Å². The fraction of sp³-hybridized carbons (Fsp3) is 0.812. The number of amides is 1. The van der Waals surface area contributed by atoms with E-state index in [4.69, 9.17) is 0 Å². The first-order valence-electron chi connectivity index (χ1n) is 7.82. The number of carbonyl (C=O) groups is 1. The summed E-state index contributed by atoms with van der Waals surface area (Å²) in [7, 11) is 0. The van der Waals surface area contributed by atoms with E-state index >= 15 is 0 Å². The summed E-state index contributed by atoms with van der Waals surface area (Å²) in [4.78, 5) is 17.1. The Morgan fingerprint density at radius 2 is 1.63 bits per heavy atom. The van der Waals surface area contributed by atoms with Crippen LogP contribution in [-0.4, -0.2) is 48.4 Å². The Bertz CT molecular complexity index is 311. The fourth-order valence-electron chi connectivity index (χ4n) is 3.27. The zero-order valence-corrected chi connectivity index (χ0v) is 12.4. The first kappa shape index (κ1) is 14.6. The van der Waals surface area contributed by atoms with Gasteiger partial charge in [0.05, 0.1) is 0 Å². The van der Waals surface area contributed by atoms with Gasteiger partial charge < -0.3 is 4.90 Å². The summed E-state index contributed by atoms with van der Waals surface area (Å²) in [5.74, 6) is 0.705. The minimum Gasteiger partial charge on any atom is -0.342 e. The molecule has 2 aliphatic rings. The van der Waals surface area contributed by atoms with Crippen molar-refractivity contribution in [2.75, 3.05) is 32.7 Å². The van der Waals surface area contributed by atoms with Crippen molar-refractivity contribution < 1.29 is 4.79 Å². The normalized spacial score (nSPS) is 23.1. The third-order valence-electron chi connectivity index (χ3n) is 4.35. The number of carbonyl (C=O) groups excluding carboxylic acids is 1. The summed E-state index contributed by atoms with van der Waals surface area (Å²) in [6, 6.07) is 0. The summed E-state index contributed by atoms with van der Waals surface area (Å²) < 4.78 is 0. The second-order valence-corrected chi connectivity index (χ2v) is 6.25. The molecule has 3 heteroatoms. The molecule has 0 atom stereocenters. The van der Waals surface area contributed by atoms with Crippen LogP contribution < -0.4 is 0 Å². The van der Waals surface area contributed by atoms with E-state index < -0.39 is 0 Å². The van der Waals surface area contributed by atoms with Gasteiger partial charge in [0.15, 0.2) is 0 Å². The topological polar surface area (TPSA) is 23.6 Å². The third kappa shape index (κ3) is 4.34. The smallest absolute Gasteiger partial charge is 0.225 e. The number of rotatable bonds is 3. The Morgan fingerprint density at radius 3 is 2.16 bits per heavy atom. The van der Waals surface area contributed by atoms with E-state index in [9.17, 15) is 4.79 Å². The maximum atomic E-state index is 12.5. The van der Waals surface area contributed by atoms with Crippen molar-refractivity contribution in [3.05, 3.63) is 12.2 Å². The Hall–Kier alpha value is -0.830. The van der Waals surface area contributed by atoms with Crippen LogP contribution in [0.3, 0.4) is 0 Å². The highest BCUT2D eigenvalue weighted by molar-refractivity contribution is 5.79.